The van der Waals surface area contributed by atoms with Gasteiger partial charge in [0.2, 0.25) is 0 Å². The number of para-hydroxylation sites is 1. The van der Waals surface area contributed by atoms with Gasteiger partial charge in [-0.1, -0.05) is 28.1 Å². The molecule has 0 aliphatic rings. The van der Waals surface area contributed by atoms with E-state index in [9.17, 15) is 9.59 Å². The van der Waals surface area contributed by atoms with Gasteiger partial charge in [-0.3, -0.25) is 4.79 Å². The Hall–Kier alpha value is -2.93. The molecule has 0 radical (unpaired) electrons. The molecule has 0 aliphatic heterocycles. The fraction of sp³-hybridized carbons (Fsp3) is 0.0556. The Morgan fingerprint density at radius 1 is 1.12 bits per heavy atom. The van der Waals surface area contributed by atoms with Crippen molar-refractivity contribution in [3.05, 3.63) is 76.5 Å². The third kappa shape index (κ3) is 3.77. The Morgan fingerprint density at radius 2 is 1.84 bits per heavy atom. The number of hydrogen-bond acceptors (Lipinski definition) is 4. The van der Waals surface area contributed by atoms with Gasteiger partial charge < -0.3 is 10.1 Å². The van der Waals surface area contributed by atoms with Crippen molar-refractivity contribution in [2.24, 2.45) is 0 Å². The second-order valence-electron chi connectivity index (χ2n) is 5.14. The van der Waals surface area contributed by atoms with Crippen molar-refractivity contribution < 1.29 is 14.3 Å². The van der Waals surface area contributed by atoms with Crippen molar-refractivity contribution in [2.75, 3.05) is 12.4 Å². The lowest BCUT2D eigenvalue weighted by Gasteiger charge is -2.08. The first-order valence-corrected chi connectivity index (χ1v) is 8.17. The minimum atomic E-state index is -0.513. The molecule has 6 nitrogen and oxygen atoms in total. The maximum atomic E-state index is 12.5. The molecule has 0 saturated heterocycles. The van der Waals surface area contributed by atoms with Gasteiger partial charge in [0.15, 0.2) is 0 Å². The van der Waals surface area contributed by atoms with E-state index < -0.39 is 5.97 Å². The van der Waals surface area contributed by atoms with E-state index in [2.05, 4.69) is 26.3 Å². The molecule has 1 N–H and O–H groups in total. The summed E-state index contributed by atoms with van der Waals surface area (Å²) in [6.07, 6.45) is 3.09. The summed E-state index contributed by atoms with van der Waals surface area (Å²) >= 11 is 3.38. The van der Waals surface area contributed by atoms with Crippen molar-refractivity contribution in [1.29, 1.82) is 0 Å². The van der Waals surface area contributed by atoms with E-state index in [0.717, 1.165) is 10.2 Å². The first kappa shape index (κ1) is 16.9. The number of carbonyl (C=O) groups is 2. The molecule has 3 rings (SSSR count). The zero-order chi connectivity index (χ0) is 17.8. The molecular formula is C18H14BrN3O3. The number of nitrogens with zero attached hydrogens (tertiary/aromatic N) is 2. The van der Waals surface area contributed by atoms with Crippen LogP contribution in [-0.4, -0.2) is 28.8 Å². The molecule has 0 unspecified atom stereocenters. The summed E-state index contributed by atoms with van der Waals surface area (Å²) in [5.74, 6) is -0.874. The van der Waals surface area contributed by atoms with Crippen LogP contribution in [0.15, 0.2) is 65.4 Å². The highest BCUT2D eigenvalue weighted by molar-refractivity contribution is 9.10. The predicted molar refractivity (Wildman–Crippen MR) is 97.0 cm³/mol. The lowest BCUT2D eigenvalue weighted by Crippen LogP contribution is -2.14. The third-order valence-corrected chi connectivity index (χ3v) is 4.05. The average Bonchev–Trinajstić information content (AvgIpc) is 3.12. The maximum Gasteiger partial charge on any atom is 0.339 e. The molecule has 2 aromatic carbocycles. The van der Waals surface area contributed by atoms with Gasteiger partial charge in [-0.15, -0.1) is 0 Å². The highest BCUT2D eigenvalue weighted by Crippen LogP contribution is 2.18. The normalized spacial score (nSPS) is 10.3. The summed E-state index contributed by atoms with van der Waals surface area (Å²) in [5.41, 5.74) is 1.88. The molecule has 1 aromatic heterocycles. The van der Waals surface area contributed by atoms with Gasteiger partial charge in [0, 0.05) is 10.7 Å². The molecular weight excluding hydrogens is 386 g/mol. The molecule has 0 atom stereocenters. The average molecular weight is 400 g/mol. The van der Waals surface area contributed by atoms with Gasteiger partial charge in [0.25, 0.3) is 5.91 Å². The molecule has 126 valence electrons. The predicted octanol–water partition coefficient (Wildman–Crippen LogP) is 3.67. The number of halogens is 1. The van der Waals surface area contributed by atoms with Gasteiger partial charge in [-0.2, -0.15) is 5.10 Å². The highest BCUT2D eigenvalue weighted by Gasteiger charge is 2.15. The second kappa shape index (κ2) is 7.31. The standard InChI is InChI=1S/C18H14BrN3O3/c1-25-18(24)15-4-2-3-5-16(15)21-17(23)12-10-20-22(11-12)14-8-6-13(19)7-9-14/h2-11H,1H3,(H,21,23). The zero-order valence-corrected chi connectivity index (χ0v) is 14.9. The maximum absolute atomic E-state index is 12.5. The fourth-order valence-corrected chi connectivity index (χ4v) is 2.51. The van der Waals surface area contributed by atoms with E-state index in [0.29, 0.717) is 16.8 Å². The largest absolute Gasteiger partial charge is 0.465 e. The van der Waals surface area contributed by atoms with Crippen LogP contribution in [0.25, 0.3) is 5.69 Å². The van der Waals surface area contributed by atoms with Crippen LogP contribution in [-0.2, 0) is 4.74 Å². The monoisotopic (exact) mass is 399 g/mol. The fourth-order valence-electron chi connectivity index (χ4n) is 2.25. The minimum absolute atomic E-state index is 0.290. The van der Waals surface area contributed by atoms with Crippen molar-refractivity contribution in [1.82, 2.24) is 9.78 Å². The van der Waals surface area contributed by atoms with Crippen LogP contribution in [0.4, 0.5) is 5.69 Å². The van der Waals surface area contributed by atoms with E-state index in [4.69, 9.17) is 4.74 Å². The quantitative estimate of drug-likeness (QED) is 0.679. The number of methoxy groups -OCH3 is 1. The number of esters is 1. The second-order valence-corrected chi connectivity index (χ2v) is 6.06. The van der Waals surface area contributed by atoms with E-state index in [1.807, 2.05) is 24.3 Å². The van der Waals surface area contributed by atoms with Crippen LogP contribution in [0.1, 0.15) is 20.7 Å². The number of nitrogens with one attached hydrogen (secondary N) is 1. The number of rotatable bonds is 4. The Labute approximate surface area is 152 Å². The number of amides is 1. The molecule has 0 fully saturated rings. The Bertz CT molecular complexity index is 919. The van der Waals surface area contributed by atoms with Gasteiger partial charge >= 0.3 is 5.97 Å². The van der Waals surface area contributed by atoms with Gasteiger partial charge in [0.1, 0.15) is 0 Å². The molecule has 7 heteroatoms. The molecule has 0 saturated carbocycles. The highest BCUT2D eigenvalue weighted by atomic mass is 79.9. The van der Waals surface area contributed by atoms with Crippen molar-refractivity contribution in [3.63, 3.8) is 0 Å². The summed E-state index contributed by atoms with van der Waals surface area (Å²) in [7, 11) is 1.29. The molecule has 1 heterocycles. The van der Waals surface area contributed by atoms with Crippen LogP contribution >= 0.6 is 15.9 Å². The minimum Gasteiger partial charge on any atom is -0.465 e. The first-order valence-electron chi connectivity index (χ1n) is 7.38. The topological polar surface area (TPSA) is 73.2 Å². The SMILES string of the molecule is COC(=O)c1ccccc1NC(=O)c1cnn(-c2ccc(Br)cc2)c1. The van der Waals surface area contributed by atoms with Crippen LogP contribution < -0.4 is 5.32 Å². The number of hydrogen-bond donors (Lipinski definition) is 1. The van der Waals surface area contributed by atoms with Crippen LogP contribution in [0.3, 0.4) is 0 Å². The molecule has 3 aromatic rings. The number of aromatic nitrogens is 2. The van der Waals surface area contributed by atoms with E-state index in [-0.39, 0.29) is 5.91 Å². The smallest absolute Gasteiger partial charge is 0.339 e. The number of carbonyl (C=O) groups excluding carboxylic acids is 2. The summed E-state index contributed by atoms with van der Waals surface area (Å²) in [6.45, 7) is 0. The van der Waals surface area contributed by atoms with E-state index in [1.54, 1.807) is 35.1 Å². The van der Waals surface area contributed by atoms with E-state index in [1.165, 1.54) is 13.3 Å². The van der Waals surface area contributed by atoms with Crippen LogP contribution in [0.5, 0.6) is 0 Å². The van der Waals surface area contributed by atoms with Crippen LogP contribution in [0, 0.1) is 0 Å². The summed E-state index contributed by atoms with van der Waals surface area (Å²) < 4.78 is 7.29. The van der Waals surface area contributed by atoms with Gasteiger partial charge in [-0.25, -0.2) is 9.48 Å². The summed E-state index contributed by atoms with van der Waals surface area (Å²) in [6, 6.07) is 14.2. The number of anilines is 1. The molecule has 25 heavy (non-hydrogen) atoms. The van der Waals surface area contributed by atoms with Crippen molar-refractivity contribution in [2.45, 2.75) is 0 Å². The number of ether oxygens (including phenoxy) is 1. The Morgan fingerprint density at radius 3 is 2.56 bits per heavy atom. The lowest BCUT2D eigenvalue weighted by atomic mass is 10.1. The Kier molecular flexibility index (Phi) is 4.95. The molecule has 1 amide bonds. The summed E-state index contributed by atoms with van der Waals surface area (Å²) in [5, 5.41) is 6.92. The first-order chi connectivity index (χ1) is 12.1. The van der Waals surface area contributed by atoms with Gasteiger partial charge in [-0.05, 0) is 36.4 Å². The summed E-state index contributed by atoms with van der Waals surface area (Å²) in [4.78, 5) is 24.2. The van der Waals surface area contributed by atoms with Gasteiger partial charge in [0.05, 0.1) is 35.8 Å². The number of benzene rings is 2. The third-order valence-electron chi connectivity index (χ3n) is 3.52. The molecule has 0 aliphatic carbocycles. The lowest BCUT2D eigenvalue weighted by molar-refractivity contribution is 0.0602. The molecule has 0 bridgehead atoms. The van der Waals surface area contributed by atoms with Crippen molar-refractivity contribution >= 4 is 33.5 Å². The Balaban J connectivity index is 1.81. The zero-order valence-electron chi connectivity index (χ0n) is 13.3. The van der Waals surface area contributed by atoms with Crippen molar-refractivity contribution in [3.8, 4) is 5.69 Å². The van der Waals surface area contributed by atoms with Crippen LogP contribution in [0.2, 0.25) is 0 Å². The molecule has 0 spiro atoms. The van der Waals surface area contributed by atoms with E-state index >= 15 is 0 Å².